The van der Waals surface area contributed by atoms with E-state index in [2.05, 4.69) is 132 Å². The monoisotopic (exact) mass is 730 g/mol. The highest BCUT2D eigenvalue weighted by Crippen LogP contribution is 2.42. The molecular formula is C51H30N4O2. The third kappa shape index (κ3) is 4.94. The molecule has 0 atom stereocenters. The molecule has 4 aromatic heterocycles. The van der Waals surface area contributed by atoms with Crippen LogP contribution in [0.15, 0.2) is 191 Å². The quantitative estimate of drug-likeness (QED) is 0.176. The van der Waals surface area contributed by atoms with Gasteiger partial charge in [-0.1, -0.05) is 133 Å². The van der Waals surface area contributed by atoms with E-state index in [4.69, 9.17) is 23.8 Å². The lowest BCUT2D eigenvalue weighted by Gasteiger charge is -2.11. The summed E-state index contributed by atoms with van der Waals surface area (Å²) in [5.41, 5.74) is 11.6. The van der Waals surface area contributed by atoms with E-state index in [-0.39, 0.29) is 0 Å². The molecule has 0 radical (unpaired) electrons. The van der Waals surface area contributed by atoms with Gasteiger partial charge in [-0.05, 0) is 70.8 Å². The van der Waals surface area contributed by atoms with Gasteiger partial charge in [0, 0.05) is 43.4 Å². The van der Waals surface area contributed by atoms with Gasteiger partial charge in [-0.2, -0.15) is 9.97 Å². The first-order chi connectivity index (χ1) is 28.2. The lowest BCUT2D eigenvalue weighted by atomic mass is 9.97. The van der Waals surface area contributed by atoms with Crippen molar-refractivity contribution in [1.29, 1.82) is 0 Å². The average Bonchev–Trinajstić information content (AvgIpc) is 3.96. The maximum absolute atomic E-state index is 6.49. The summed E-state index contributed by atoms with van der Waals surface area (Å²) in [6, 6.07) is 62.6. The number of rotatable bonds is 5. The second-order valence-electron chi connectivity index (χ2n) is 14.4. The summed E-state index contributed by atoms with van der Waals surface area (Å²) < 4.78 is 15.0. The normalized spacial score (nSPS) is 11.9. The molecule has 0 amide bonds. The fourth-order valence-corrected chi connectivity index (χ4v) is 8.50. The minimum Gasteiger partial charge on any atom is -0.456 e. The molecule has 0 aliphatic heterocycles. The van der Waals surface area contributed by atoms with Gasteiger partial charge in [-0.3, -0.25) is 4.57 Å². The van der Waals surface area contributed by atoms with Crippen molar-refractivity contribution in [3.05, 3.63) is 182 Å². The van der Waals surface area contributed by atoms with E-state index in [1.54, 1.807) is 0 Å². The number of fused-ring (bicyclic) bond motifs is 10. The molecule has 0 unspecified atom stereocenters. The molecule has 0 saturated heterocycles. The SMILES string of the molecule is c1ccc(-c2nc(-c3cccc(-c4ccc5c(c4)oc4cccc(-c6ccccc6)c45)c3)nc(-n3c4ccccc4c4c5c(ccc43)oc3ccccc35)n2)cc1. The van der Waals surface area contributed by atoms with E-state index in [1.165, 1.54) is 5.56 Å². The topological polar surface area (TPSA) is 69.9 Å². The molecular weight excluding hydrogens is 701 g/mol. The molecule has 0 aliphatic rings. The third-order valence-corrected chi connectivity index (χ3v) is 11.1. The Morgan fingerprint density at radius 3 is 1.81 bits per heavy atom. The van der Waals surface area contributed by atoms with E-state index < -0.39 is 0 Å². The van der Waals surface area contributed by atoms with Crippen LogP contribution in [0.2, 0.25) is 0 Å². The molecule has 6 heteroatoms. The van der Waals surface area contributed by atoms with Gasteiger partial charge in [0.1, 0.15) is 22.3 Å². The number of aromatic nitrogens is 4. The Kier molecular flexibility index (Phi) is 6.83. The van der Waals surface area contributed by atoms with Gasteiger partial charge < -0.3 is 8.83 Å². The average molecular weight is 731 g/mol. The maximum Gasteiger partial charge on any atom is 0.238 e. The molecule has 57 heavy (non-hydrogen) atoms. The predicted octanol–water partition coefficient (Wildman–Crippen LogP) is 13.4. The Morgan fingerprint density at radius 1 is 0.333 bits per heavy atom. The van der Waals surface area contributed by atoms with Crippen LogP contribution in [0.4, 0.5) is 0 Å². The van der Waals surface area contributed by atoms with Crippen LogP contribution in [0.1, 0.15) is 0 Å². The molecule has 12 aromatic rings. The largest absolute Gasteiger partial charge is 0.456 e. The van der Waals surface area contributed by atoms with Crippen LogP contribution < -0.4 is 0 Å². The van der Waals surface area contributed by atoms with Gasteiger partial charge in [0.25, 0.3) is 0 Å². The first-order valence-electron chi connectivity index (χ1n) is 19.0. The van der Waals surface area contributed by atoms with Crippen molar-refractivity contribution in [3.63, 3.8) is 0 Å². The summed E-state index contributed by atoms with van der Waals surface area (Å²) in [6.07, 6.45) is 0. The Hall–Kier alpha value is -7.83. The van der Waals surface area contributed by atoms with Crippen LogP contribution in [0.25, 0.3) is 117 Å². The predicted molar refractivity (Wildman–Crippen MR) is 230 cm³/mol. The molecule has 0 spiro atoms. The molecule has 0 bridgehead atoms. The fraction of sp³-hybridized carbons (Fsp3) is 0. The van der Waals surface area contributed by atoms with Crippen molar-refractivity contribution in [1.82, 2.24) is 19.5 Å². The Balaban J connectivity index is 1.04. The molecule has 6 nitrogen and oxygen atoms in total. The highest BCUT2D eigenvalue weighted by molar-refractivity contribution is 6.27. The summed E-state index contributed by atoms with van der Waals surface area (Å²) in [6.45, 7) is 0. The second-order valence-corrected chi connectivity index (χ2v) is 14.4. The summed E-state index contributed by atoms with van der Waals surface area (Å²) in [7, 11) is 0. The smallest absolute Gasteiger partial charge is 0.238 e. The molecule has 4 heterocycles. The molecule has 0 N–H and O–H groups in total. The van der Waals surface area contributed by atoms with Crippen molar-refractivity contribution < 1.29 is 8.83 Å². The molecule has 266 valence electrons. The molecule has 0 aliphatic carbocycles. The van der Waals surface area contributed by atoms with Crippen molar-refractivity contribution in [2.24, 2.45) is 0 Å². The number of para-hydroxylation sites is 2. The Morgan fingerprint density at radius 2 is 0.947 bits per heavy atom. The minimum atomic E-state index is 0.542. The van der Waals surface area contributed by atoms with E-state index in [0.29, 0.717) is 17.6 Å². The van der Waals surface area contributed by atoms with Crippen molar-refractivity contribution >= 4 is 65.7 Å². The maximum atomic E-state index is 6.49. The van der Waals surface area contributed by atoms with Crippen LogP contribution in [0.3, 0.4) is 0 Å². The Bertz CT molecular complexity index is 3530. The third-order valence-electron chi connectivity index (χ3n) is 11.1. The lowest BCUT2D eigenvalue weighted by molar-refractivity contribution is 0.669. The summed E-state index contributed by atoms with van der Waals surface area (Å²) in [5, 5.41) is 6.59. The van der Waals surface area contributed by atoms with Crippen molar-refractivity contribution in [2.75, 3.05) is 0 Å². The van der Waals surface area contributed by atoms with E-state index in [0.717, 1.165) is 93.5 Å². The van der Waals surface area contributed by atoms with Gasteiger partial charge in [0.05, 0.1) is 11.0 Å². The fourth-order valence-electron chi connectivity index (χ4n) is 8.50. The van der Waals surface area contributed by atoms with Crippen LogP contribution in [0, 0.1) is 0 Å². The Labute approximate surface area is 325 Å². The van der Waals surface area contributed by atoms with E-state index >= 15 is 0 Å². The van der Waals surface area contributed by atoms with Crippen LogP contribution >= 0.6 is 0 Å². The molecule has 0 fully saturated rings. The van der Waals surface area contributed by atoms with Crippen LogP contribution in [-0.4, -0.2) is 19.5 Å². The summed E-state index contributed by atoms with van der Waals surface area (Å²) >= 11 is 0. The molecule has 12 rings (SSSR count). The first kappa shape index (κ1) is 31.5. The standard InChI is InChI=1S/C51H30N4O2/c1-3-13-31(14-4-1)36-21-12-24-43-46(36)39-26-25-34(30-45(39)57-43)33-17-11-18-35(29-33)50-52-49(32-15-5-2-6-16-32)53-51(54-50)55-40-22-9-7-19-37(40)47-41(55)27-28-44-48(47)38-20-8-10-23-42(38)56-44/h1-30H. The number of benzene rings is 8. The zero-order valence-electron chi connectivity index (χ0n) is 30.4. The number of hydrogen-bond donors (Lipinski definition) is 0. The zero-order valence-corrected chi connectivity index (χ0v) is 30.4. The van der Waals surface area contributed by atoms with E-state index in [9.17, 15) is 0 Å². The van der Waals surface area contributed by atoms with Gasteiger partial charge in [0.15, 0.2) is 11.6 Å². The summed E-state index contributed by atoms with van der Waals surface area (Å²) in [4.78, 5) is 15.5. The molecule has 0 saturated carbocycles. The van der Waals surface area contributed by atoms with Gasteiger partial charge in [-0.15, -0.1) is 0 Å². The van der Waals surface area contributed by atoms with Gasteiger partial charge in [0.2, 0.25) is 5.95 Å². The number of hydrogen-bond acceptors (Lipinski definition) is 5. The lowest BCUT2D eigenvalue weighted by Crippen LogP contribution is -2.06. The van der Waals surface area contributed by atoms with Gasteiger partial charge in [-0.25, -0.2) is 4.98 Å². The first-order valence-corrected chi connectivity index (χ1v) is 19.0. The van der Waals surface area contributed by atoms with E-state index in [1.807, 2.05) is 54.6 Å². The van der Waals surface area contributed by atoms with Crippen LogP contribution in [-0.2, 0) is 0 Å². The number of nitrogens with zero attached hydrogens (tertiary/aromatic N) is 4. The highest BCUT2D eigenvalue weighted by Gasteiger charge is 2.22. The zero-order chi connectivity index (χ0) is 37.5. The molecule has 8 aromatic carbocycles. The van der Waals surface area contributed by atoms with Gasteiger partial charge >= 0.3 is 0 Å². The highest BCUT2D eigenvalue weighted by atomic mass is 16.3. The van der Waals surface area contributed by atoms with Crippen molar-refractivity contribution in [2.45, 2.75) is 0 Å². The summed E-state index contributed by atoms with van der Waals surface area (Å²) in [5.74, 6) is 1.72. The number of furan rings is 2. The second kappa shape index (κ2) is 12.3. The van der Waals surface area contributed by atoms with Crippen LogP contribution in [0.5, 0.6) is 0 Å². The minimum absolute atomic E-state index is 0.542. The van der Waals surface area contributed by atoms with Crippen molar-refractivity contribution in [3.8, 4) is 51.0 Å².